The van der Waals surface area contributed by atoms with Gasteiger partial charge in [-0.15, -0.1) is 0 Å². The molecule has 0 heterocycles. The van der Waals surface area contributed by atoms with Crippen LogP contribution in [0.3, 0.4) is 0 Å². The molecule has 3 rings (SSSR count). The molecule has 3 aromatic carbocycles. The Hall–Kier alpha value is -3.54. The van der Waals surface area contributed by atoms with E-state index in [1.165, 1.54) is 7.11 Å². The Morgan fingerprint density at radius 2 is 1.23 bits per heavy atom. The first-order chi connectivity index (χ1) is 14.6. The molecule has 6 nitrogen and oxygen atoms in total. The Balaban J connectivity index is 2.28. The van der Waals surface area contributed by atoms with Gasteiger partial charge in [0.05, 0.1) is 20.3 Å². The number of carbonyl (C=O) groups excluding carboxylic acids is 2. The van der Waals surface area contributed by atoms with Gasteiger partial charge in [0, 0.05) is 10.8 Å². The second kappa shape index (κ2) is 9.78. The summed E-state index contributed by atoms with van der Waals surface area (Å²) in [5.74, 6) is -0.837. The highest BCUT2D eigenvalue weighted by Gasteiger charge is 2.31. The zero-order chi connectivity index (χ0) is 21.5. The van der Waals surface area contributed by atoms with Gasteiger partial charge >= 0.3 is 11.9 Å². The van der Waals surface area contributed by atoms with Crippen LogP contribution in [0, 0.1) is 0 Å². The van der Waals surface area contributed by atoms with E-state index in [0.29, 0.717) is 10.8 Å². The fraction of sp³-hybridized carbons (Fsp3) is 0.250. The van der Waals surface area contributed by atoms with E-state index in [0.717, 1.165) is 5.56 Å². The number of fused-ring (bicyclic) bond motifs is 1. The standard InChI is InChI=1S/C24H24O6/c1-4-28-23(25)19-20(24(26)29-5-2)22(30-15-16-11-7-6-8-12-16)18-14-10-9-13-17(18)21(19)27-3/h6-14H,4-5,15H2,1-3H3. The average molecular weight is 408 g/mol. The molecule has 0 amide bonds. The van der Waals surface area contributed by atoms with Crippen molar-refractivity contribution in [3.63, 3.8) is 0 Å². The molecular weight excluding hydrogens is 384 g/mol. The normalized spacial score (nSPS) is 10.5. The molecule has 0 radical (unpaired) electrons. The fourth-order valence-corrected chi connectivity index (χ4v) is 3.26. The van der Waals surface area contributed by atoms with E-state index >= 15 is 0 Å². The number of esters is 2. The Kier molecular flexibility index (Phi) is 6.91. The molecule has 0 fully saturated rings. The lowest BCUT2D eigenvalue weighted by Crippen LogP contribution is -2.18. The van der Waals surface area contributed by atoms with E-state index in [1.54, 1.807) is 19.9 Å². The molecule has 6 heteroatoms. The smallest absolute Gasteiger partial charge is 0.342 e. The average Bonchev–Trinajstić information content (AvgIpc) is 2.77. The zero-order valence-electron chi connectivity index (χ0n) is 17.3. The van der Waals surface area contributed by atoms with Gasteiger partial charge in [0.15, 0.2) is 0 Å². The SMILES string of the molecule is CCOC(=O)c1c(C(=O)OCC)c(OCc2ccccc2)c2ccccc2c1OC. The maximum absolute atomic E-state index is 13.0. The first-order valence-electron chi connectivity index (χ1n) is 9.75. The van der Waals surface area contributed by atoms with Gasteiger partial charge in [-0.1, -0.05) is 54.6 Å². The van der Waals surface area contributed by atoms with Crippen LogP contribution in [0.1, 0.15) is 40.1 Å². The summed E-state index contributed by atoms with van der Waals surface area (Å²) >= 11 is 0. The third-order valence-corrected chi connectivity index (χ3v) is 4.51. The van der Waals surface area contributed by atoms with Crippen LogP contribution in [0.4, 0.5) is 0 Å². The molecule has 0 aromatic heterocycles. The predicted octanol–water partition coefficient (Wildman–Crippen LogP) is 4.78. The summed E-state index contributed by atoms with van der Waals surface area (Å²) in [6.45, 7) is 3.91. The van der Waals surface area contributed by atoms with Crippen LogP contribution in [-0.2, 0) is 16.1 Å². The highest BCUT2D eigenvalue weighted by Crippen LogP contribution is 2.42. The van der Waals surface area contributed by atoms with Crippen LogP contribution >= 0.6 is 0 Å². The molecule has 0 saturated heterocycles. The summed E-state index contributed by atoms with van der Waals surface area (Å²) in [7, 11) is 1.45. The van der Waals surface area contributed by atoms with Crippen molar-refractivity contribution in [2.24, 2.45) is 0 Å². The lowest BCUT2D eigenvalue weighted by Gasteiger charge is -2.20. The van der Waals surface area contributed by atoms with Crippen LogP contribution in [0.2, 0.25) is 0 Å². The van der Waals surface area contributed by atoms with Gasteiger partial charge in [-0.05, 0) is 19.4 Å². The van der Waals surface area contributed by atoms with E-state index in [2.05, 4.69) is 0 Å². The Morgan fingerprint density at radius 3 is 1.77 bits per heavy atom. The van der Waals surface area contributed by atoms with Crippen molar-refractivity contribution in [2.75, 3.05) is 20.3 Å². The van der Waals surface area contributed by atoms with Gasteiger partial charge in [-0.25, -0.2) is 9.59 Å². The molecule has 0 atom stereocenters. The van der Waals surface area contributed by atoms with E-state index in [9.17, 15) is 9.59 Å². The van der Waals surface area contributed by atoms with E-state index in [-0.39, 0.29) is 42.4 Å². The second-order valence-corrected chi connectivity index (χ2v) is 6.37. The van der Waals surface area contributed by atoms with Gasteiger partial charge in [0.2, 0.25) is 0 Å². The second-order valence-electron chi connectivity index (χ2n) is 6.37. The van der Waals surface area contributed by atoms with Crippen molar-refractivity contribution in [3.05, 3.63) is 71.3 Å². The lowest BCUT2D eigenvalue weighted by molar-refractivity contribution is 0.0472. The molecule has 0 N–H and O–H groups in total. The number of hydrogen-bond acceptors (Lipinski definition) is 6. The fourth-order valence-electron chi connectivity index (χ4n) is 3.26. The van der Waals surface area contributed by atoms with Crippen molar-refractivity contribution in [1.29, 1.82) is 0 Å². The summed E-state index contributed by atoms with van der Waals surface area (Å²) in [4.78, 5) is 25.8. The first kappa shape index (κ1) is 21.2. The first-order valence-corrected chi connectivity index (χ1v) is 9.75. The summed E-state index contributed by atoms with van der Waals surface area (Å²) < 4.78 is 22.1. The molecule has 0 spiro atoms. The number of carbonyl (C=O) groups is 2. The number of rotatable bonds is 8. The van der Waals surface area contributed by atoms with Gasteiger partial charge in [0.25, 0.3) is 0 Å². The quantitative estimate of drug-likeness (QED) is 0.500. The maximum Gasteiger partial charge on any atom is 0.342 e. The summed E-state index contributed by atoms with van der Waals surface area (Å²) in [5, 5.41) is 1.28. The minimum Gasteiger partial charge on any atom is -0.495 e. The number of benzene rings is 3. The van der Waals surface area contributed by atoms with Gasteiger partial charge in [-0.3, -0.25) is 0 Å². The third kappa shape index (κ3) is 4.22. The molecule has 0 unspecified atom stereocenters. The summed E-state index contributed by atoms with van der Waals surface area (Å²) in [5.41, 5.74) is 0.922. The van der Waals surface area contributed by atoms with E-state index in [4.69, 9.17) is 18.9 Å². The van der Waals surface area contributed by atoms with Crippen molar-refractivity contribution < 1.29 is 28.5 Å². The molecule has 0 saturated carbocycles. The van der Waals surface area contributed by atoms with Crippen LogP contribution in [-0.4, -0.2) is 32.3 Å². The molecule has 30 heavy (non-hydrogen) atoms. The molecule has 0 aliphatic heterocycles. The molecule has 156 valence electrons. The molecule has 3 aromatic rings. The topological polar surface area (TPSA) is 71.1 Å². The monoisotopic (exact) mass is 408 g/mol. The molecule has 0 bridgehead atoms. The van der Waals surface area contributed by atoms with Gasteiger partial charge in [-0.2, -0.15) is 0 Å². The van der Waals surface area contributed by atoms with Crippen molar-refractivity contribution >= 4 is 22.7 Å². The lowest BCUT2D eigenvalue weighted by atomic mass is 9.97. The molecular formula is C24H24O6. The zero-order valence-corrected chi connectivity index (χ0v) is 17.3. The van der Waals surface area contributed by atoms with Crippen LogP contribution in [0.5, 0.6) is 11.5 Å². The maximum atomic E-state index is 13.0. The van der Waals surface area contributed by atoms with Crippen molar-refractivity contribution in [1.82, 2.24) is 0 Å². The Bertz CT molecular complexity index is 1040. The van der Waals surface area contributed by atoms with Gasteiger partial charge < -0.3 is 18.9 Å². The third-order valence-electron chi connectivity index (χ3n) is 4.51. The minimum absolute atomic E-state index is 0.000406. The molecule has 0 aliphatic rings. The largest absolute Gasteiger partial charge is 0.495 e. The van der Waals surface area contributed by atoms with Gasteiger partial charge in [0.1, 0.15) is 29.2 Å². The number of ether oxygens (including phenoxy) is 4. The minimum atomic E-state index is -0.673. The molecule has 0 aliphatic carbocycles. The predicted molar refractivity (Wildman–Crippen MR) is 113 cm³/mol. The van der Waals surface area contributed by atoms with E-state index in [1.807, 2.05) is 48.5 Å². The van der Waals surface area contributed by atoms with Crippen molar-refractivity contribution in [3.8, 4) is 11.5 Å². The number of methoxy groups -OCH3 is 1. The van der Waals surface area contributed by atoms with Crippen molar-refractivity contribution in [2.45, 2.75) is 20.5 Å². The van der Waals surface area contributed by atoms with Crippen LogP contribution in [0.15, 0.2) is 54.6 Å². The number of hydrogen-bond donors (Lipinski definition) is 0. The highest BCUT2D eigenvalue weighted by atomic mass is 16.5. The van der Waals surface area contributed by atoms with Crippen LogP contribution in [0.25, 0.3) is 10.8 Å². The Labute approximate surface area is 175 Å². The van der Waals surface area contributed by atoms with Crippen LogP contribution < -0.4 is 9.47 Å². The van der Waals surface area contributed by atoms with E-state index < -0.39 is 11.9 Å². The summed E-state index contributed by atoms with van der Waals surface area (Å²) in [6.07, 6.45) is 0. The Morgan fingerprint density at radius 1 is 0.733 bits per heavy atom. The summed E-state index contributed by atoms with van der Waals surface area (Å²) in [6, 6.07) is 16.8. The highest BCUT2D eigenvalue weighted by molar-refractivity contribution is 6.14.